The maximum absolute atomic E-state index is 14.3. The molecule has 7 nitrogen and oxygen atoms in total. The molecule has 0 atom stereocenters. The smallest absolute Gasteiger partial charge is 0.294 e. The summed E-state index contributed by atoms with van der Waals surface area (Å²) in [5, 5.41) is 0. The van der Waals surface area contributed by atoms with Gasteiger partial charge in [-0.05, 0) is 54.8 Å². The molecule has 8 heteroatoms. The molecule has 1 saturated heterocycles. The van der Waals surface area contributed by atoms with Crippen LogP contribution in [-0.2, 0) is 16.1 Å². The fraction of sp³-hybridized carbons (Fsp3) is 0.207. The predicted octanol–water partition coefficient (Wildman–Crippen LogP) is 4.13. The van der Waals surface area contributed by atoms with Crippen molar-refractivity contribution < 1.29 is 23.5 Å². The van der Waals surface area contributed by atoms with Gasteiger partial charge in [-0.25, -0.2) is 4.39 Å². The fourth-order valence-electron chi connectivity index (χ4n) is 4.64. The van der Waals surface area contributed by atoms with Gasteiger partial charge in [0.05, 0.1) is 12.2 Å². The molecule has 0 aliphatic carbocycles. The Bertz CT molecular complexity index is 1380. The molecule has 3 aromatic rings. The van der Waals surface area contributed by atoms with E-state index in [1.807, 2.05) is 0 Å². The highest BCUT2D eigenvalue weighted by Crippen LogP contribution is 2.36. The molecule has 0 saturated carbocycles. The summed E-state index contributed by atoms with van der Waals surface area (Å²) in [6.07, 6.45) is 2.74. The summed E-state index contributed by atoms with van der Waals surface area (Å²) < 4.78 is 20.3. The van der Waals surface area contributed by atoms with Crippen LogP contribution in [0, 0.1) is 11.7 Å². The Kier molecular flexibility index (Phi) is 6.72. The molecule has 3 amide bonds. The van der Waals surface area contributed by atoms with E-state index in [1.165, 1.54) is 11.0 Å². The Morgan fingerprint density at radius 2 is 1.65 bits per heavy atom. The Labute approximate surface area is 213 Å². The lowest BCUT2D eigenvalue weighted by molar-refractivity contribution is -0.123. The van der Waals surface area contributed by atoms with Crippen molar-refractivity contribution in [1.82, 2.24) is 4.90 Å². The first kappa shape index (κ1) is 24.2. The molecule has 2 heterocycles. The van der Waals surface area contributed by atoms with Crippen LogP contribution in [0.3, 0.4) is 0 Å². The SMILES string of the molecule is NC(=O)C1CCN(C(=O)c2ccc(C=C3Oc4ccccc4N(Cc4ccccc4F)C3=O)cc2)CC1. The first-order chi connectivity index (χ1) is 17.9. The Morgan fingerprint density at radius 1 is 0.973 bits per heavy atom. The maximum atomic E-state index is 14.3. The molecule has 2 aliphatic heterocycles. The second-order valence-electron chi connectivity index (χ2n) is 9.15. The summed E-state index contributed by atoms with van der Waals surface area (Å²) >= 11 is 0. The molecular formula is C29H26FN3O4. The number of carbonyl (C=O) groups excluding carboxylic acids is 3. The summed E-state index contributed by atoms with van der Waals surface area (Å²) in [4.78, 5) is 40.9. The average molecular weight is 500 g/mol. The van der Waals surface area contributed by atoms with Gasteiger partial charge in [0.15, 0.2) is 11.5 Å². The molecule has 0 bridgehead atoms. The second kappa shape index (κ2) is 10.3. The van der Waals surface area contributed by atoms with Gasteiger partial charge in [-0.2, -0.15) is 0 Å². The lowest BCUT2D eigenvalue weighted by atomic mass is 9.96. The third-order valence-electron chi connectivity index (χ3n) is 6.76. The van der Waals surface area contributed by atoms with Crippen molar-refractivity contribution in [2.24, 2.45) is 11.7 Å². The third-order valence-corrected chi connectivity index (χ3v) is 6.76. The van der Waals surface area contributed by atoms with Gasteiger partial charge in [0.25, 0.3) is 11.8 Å². The minimum atomic E-state index is -0.389. The number of anilines is 1. The van der Waals surface area contributed by atoms with Crippen LogP contribution in [0.5, 0.6) is 5.75 Å². The van der Waals surface area contributed by atoms with Crippen LogP contribution in [-0.4, -0.2) is 35.7 Å². The first-order valence-corrected chi connectivity index (χ1v) is 12.1. The van der Waals surface area contributed by atoms with Crippen molar-refractivity contribution in [2.75, 3.05) is 18.0 Å². The van der Waals surface area contributed by atoms with Crippen LogP contribution in [0.4, 0.5) is 10.1 Å². The summed E-state index contributed by atoms with van der Waals surface area (Å²) in [5.74, 6) is -0.799. The summed E-state index contributed by atoms with van der Waals surface area (Å²) in [6.45, 7) is 1.03. The lowest BCUT2D eigenvalue weighted by Crippen LogP contribution is -2.41. The van der Waals surface area contributed by atoms with Gasteiger partial charge in [0.2, 0.25) is 5.91 Å². The highest BCUT2D eigenvalue weighted by atomic mass is 19.1. The highest BCUT2D eigenvalue weighted by Gasteiger charge is 2.31. The number of para-hydroxylation sites is 2. The molecule has 3 aromatic carbocycles. The van der Waals surface area contributed by atoms with Gasteiger partial charge in [-0.3, -0.25) is 19.3 Å². The number of piperidine rings is 1. The molecule has 37 heavy (non-hydrogen) atoms. The number of rotatable bonds is 5. The second-order valence-corrected chi connectivity index (χ2v) is 9.15. The quantitative estimate of drug-likeness (QED) is 0.535. The standard InChI is InChI=1S/C29H26FN3O4/c30-23-6-2-1-5-22(23)18-33-24-7-3-4-8-25(24)37-26(29(33)36)17-19-9-11-21(12-10-19)28(35)32-15-13-20(14-16-32)27(31)34/h1-12,17,20H,13-16,18H2,(H2,31,34). The number of fused-ring (bicyclic) bond motifs is 1. The van der Waals surface area contributed by atoms with Crippen LogP contribution in [0.15, 0.2) is 78.6 Å². The average Bonchev–Trinajstić information content (AvgIpc) is 2.92. The summed E-state index contributed by atoms with van der Waals surface area (Å²) in [5.41, 5.74) is 7.54. The number of nitrogens with two attached hydrogens (primary N) is 1. The molecular weight excluding hydrogens is 473 g/mol. The number of ether oxygens (including phenoxy) is 1. The monoisotopic (exact) mass is 499 g/mol. The number of amides is 3. The summed E-state index contributed by atoms with van der Waals surface area (Å²) in [6, 6.07) is 20.4. The highest BCUT2D eigenvalue weighted by molar-refractivity contribution is 6.09. The maximum Gasteiger partial charge on any atom is 0.294 e. The van der Waals surface area contributed by atoms with Crippen molar-refractivity contribution in [2.45, 2.75) is 19.4 Å². The zero-order chi connectivity index (χ0) is 25.9. The number of carbonyl (C=O) groups is 3. The van der Waals surface area contributed by atoms with E-state index in [2.05, 4.69) is 0 Å². The summed E-state index contributed by atoms with van der Waals surface area (Å²) in [7, 11) is 0. The number of nitrogens with zero attached hydrogens (tertiary/aromatic N) is 2. The Hall–Kier alpha value is -4.46. The number of primary amides is 1. The van der Waals surface area contributed by atoms with Crippen molar-refractivity contribution in [3.05, 3.63) is 101 Å². The van der Waals surface area contributed by atoms with Crippen LogP contribution in [0.1, 0.15) is 34.3 Å². The largest absolute Gasteiger partial charge is 0.449 e. The molecule has 5 rings (SSSR count). The van der Waals surface area contributed by atoms with Gasteiger partial charge >= 0.3 is 0 Å². The van der Waals surface area contributed by atoms with Crippen molar-refractivity contribution in [3.8, 4) is 5.75 Å². The van der Waals surface area contributed by atoms with Crippen LogP contribution in [0.2, 0.25) is 0 Å². The molecule has 0 aromatic heterocycles. The van der Waals surface area contributed by atoms with Crippen LogP contribution >= 0.6 is 0 Å². The minimum Gasteiger partial charge on any atom is -0.449 e. The van der Waals surface area contributed by atoms with Gasteiger partial charge < -0.3 is 15.4 Å². The molecule has 1 fully saturated rings. The minimum absolute atomic E-state index is 0.0586. The Balaban J connectivity index is 1.35. The number of hydrogen-bond donors (Lipinski definition) is 1. The van der Waals surface area contributed by atoms with Gasteiger partial charge in [-0.1, -0.05) is 42.5 Å². The zero-order valence-corrected chi connectivity index (χ0v) is 20.1. The van der Waals surface area contributed by atoms with Crippen LogP contribution in [0.25, 0.3) is 6.08 Å². The molecule has 2 N–H and O–H groups in total. The molecule has 0 unspecified atom stereocenters. The van der Waals surface area contributed by atoms with Crippen molar-refractivity contribution >= 4 is 29.5 Å². The fourth-order valence-corrected chi connectivity index (χ4v) is 4.64. The van der Waals surface area contributed by atoms with Crippen molar-refractivity contribution in [3.63, 3.8) is 0 Å². The van der Waals surface area contributed by atoms with Gasteiger partial charge in [0, 0.05) is 30.1 Å². The van der Waals surface area contributed by atoms with E-state index in [0.29, 0.717) is 54.1 Å². The number of hydrogen-bond acceptors (Lipinski definition) is 4. The number of likely N-dealkylation sites (tertiary alicyclic amines) is 1. The third kappa shape index (κ3) is 5.09. The predicted molar refractivity (Wildman–Crippen MR) is 137 cm³/mol. The lowest BCUT2D eigenvalue weighted by Gasteiger charge is -2.31. The van der Waals surface area contributed by atoms with E-state index >= 15 is 0 Å². The molecule has 188 valence electrons. The van der Waals surface area contributed by atoms with Gasteiger partial charge in [-0.15, -0.1) is 0 Å². The topological polar surface area (TPSA) is 92.9 Å². The normalized spacial score (nSPS) is 16.9. The van der Waals surface area contributed by atoms with E-state index in [4.69, 9.17) is 10.5 Å². The van der Waals surface area contributed by atoms with E-state index in [9.17, 15) is 18.8 Å². The van der Waals surface area contributed by atoms with E-state index in [1.54, 1.807) is 77.7 Å². The number of benzene rings is 3. The molecule has 0 radical (unpaired) electrons. The first-order valence-electron chi connectivity index (χ1n) is 12.1. The van der Waals surface area contributed by atoms with E-state index in [0.717, 1.165) is 0 Å². The van der Waals surface area contributed by atoms with Crippen molar-refractivity contribution in [1.29, 1.82) is 0 Å². The van der Waals surface area contributed by atoms with E-state index in [-0.39, 0.29) is 41.8 Å². The molecule has 0 spiro atoms. The Morgan fingerprint density at radius 3 is 2.35 bits per heavy atom. The van der Waals surface area contributed by atoms with Gasteiger partial charge in [0.1, 0.15) is 5.82 Å². The number of halogens is 1. The zero-order valence-electron chi connectivity index (χ0n) is 20.1. The molecule has 2 aliphatic rings. The van der Waals surface area contributed by atoms with Crippen LogP contribution < -0.4 is 15.4 Å². The van der Waals surface area contributed by atoms with E-state index < -0.39 is 0 Å².